The summed E-state index contributed by atoms with van der Waals surface area (Å²) in [6.07, 6.45) is -4.72. The maximum Gasteiger partial charge on any atom is 0.416 e. The van der Waals surface area contributed by atoms with Crippen molar-refractivity contribution in [3.63, 3.8) is 0 Å². The maximum atomic E-state index is 12.8. The standard InChI is InChI=1S/C13H15F3N2O3S/c1-8(17-22(21)12(2,3)4)9-5-10(13(14,15)16)7-11(6-9)18(19)20/h5-7H,1-4H3/b17-8+/t22-/m1/s1. The number of alkyl halides is 3. The molecule has 1 aromatic rings. The first-order valence-corrected chi connectivity index (χ1v) is 7.27. The smallest absolute Gasteiger partial charge is 0.258 e. The molecule has 0 aromatic heterocycles. The van der Waals surface area contributed by atoms with Crippen molar-refractivity contribution in [2.75, 3.05) is 0 Å². The summed E-state index contributed by atoms with van der Waals surface area (Å²) in [5.74, 6) is 0. The number of hydrogen-bond acceptors (Lipinski definition) is 3. The average Bonchev–Trinajstić information content (AvgIpc) is 2.35. The third-order valence-electron chi connectivity index (χ3n) is 2.62. The van der Waals surface area contributed by atoms with Gasteiger partial charge in [-0.1, -0.05) is 0 Å². The zero-order valence-electron chi connectivity index (χ0n) is 12.4. The molecular formula is C13H15F3N2O3S. The molecule has 0 unspecified atom stereocenters. The van der Waals surface area contributed by atoms with Gasteiger partial charge in [0.1, 0.15) is 11.0 Å². The molecule has 5 nitrogen and oxygen atoms in total. The van der Waals surface area contributed by atoms with Gasteiger partial charge in [-0.15, -0.1) is 0 Å². The molecule has 0 N–H and O–H groups in total. The van der Waals surface area contributed by atoms with Crippen molar-refractivity contribution >= 4 is 22.4 Å². The molecule has 1 aromatic carbocycles. The Morgan fingerprint density at radius 1 is 1.23 bits per heavy atom. The Hall–Kier alpha value is -1.77. The Balaban J connectivity index is 3.41. The lowest BCUT2D eigenvalue weighted by Crippen LogP contribution is -2.20. The van der Waals surface area contributed by atoms with Crippen molar-refractivity contribution in [3.8, 4) is 0 Å². The molecule has 0 bridgehead atoms. The molecule has 0 amide bonds. The van der Waals surface area contributed by atoms with E-state index in [2.05, 4.69) is 4.40 Å². The molecule has 0 saturated carbocycles. The Morgan fingerprint density at radius 3 is 2.18 bits per heavy atom. The summed E-state index contributed by atoms with van der Waals surface area (Å²) in [5.41, 5.74) is -1.88. The number of halogens is 3. The largest absolute Gasteiger partial charge is 0.416 e. The zero-order valence-corrected chi connectivity index (χ0v) is 13.2. The highest BCUT2D eigenvalue weighted by atomic mass is 32.2. The van der Waals surface area contributed by atoms with E-state index in [0.717, 1.165) is 12.1 Å². The van der Waals surface area contributed by atoms with E-state index >= 15 is 0 Å². The van der Waals surface area contributed by atoms with Gasteiger partial charge >= 0.3 is 6.18 Å². The first-order chi connectivity index (χ1) is 9.82. The first-order valence-electron chi connectivity index (χ1n) is 6.16. The number of nitrogens with zero attached hydrogens (tertiary/aromatic N) is 2. The number of hydrogen-bond donors (Lipinski definition) is 0. The number of nitro benzene ring substituents is 1. The van der Waals surface area contributed by atoms with Crippen LogP contribution in [0.1, 0.15) is 38.8 Å². The van der Waals surface area contributed by atoms with Crippen LogP contribution in [0.25, 0.3) is 0 Å². The molecule has 122 valence electrons. The quantitative estimate of drug-likeness (QED) is 0.477. The van der Waals surface area contributed by atoms with Gasteiger partial charge in [0.15, 0.2) is 0 Å². The molecule has 0 aliphatic carbocycles. The molecule has 0 fully saturated rings. The Morgan fingerprint density at radius 2 is 1.77 bits per heavy atom. The molecule has 0 aliphatic heterocycles. The number of rotatable bonds is 3. The van der Waals surface area contributed by atoms with Crippen LogP contribution in [0, 0.1) is 10.1 Å². The van der Waals surface area contributed by atoms with Crippen LogP contribution in [0.4, 0.5) is 18.9 Å². The third kappa shape index (κ3) is 4.62. The van der Waals surface area contributed by atoms with Crippen LogP contribution in [0.2, 0.25) is 0 Å². The van der Waals surface area contributed by atoms with Gasteiger partial charge in [0, 0.05) is 17.7 Å². The fraction of sp³-hybridized carbons (Fsp3) is 0.462. The molecule has 22 heavy (non-hydrogen) atoms. The van der Waals surface area contributed by atoms with Gasteiger partial charge in [-0.3, -0.25) is 10.1 Å². The second-order valence-corrected chi connectivity index (χ2v) is 7.47. The number of benzene rings is 1. The van der Waals surface area contributed by atoms with E-state index in [1.54, 1.807) is 20.8 Å². The molecule has 9 heteroatoms. The number of non-ortho nitro benzene ring substituents is 1. The lowest BCUT2D eigenvalue weighted by Gasteiger charge is -2.14. The minimum absolute atomic E-state index is 0.0439. The highest BCUT2D eigenvalue weighted by Gasteiger charge is 2.33. The Kier molecular flexibility index (Phi) is 5.11. The topological polar surface area (TPSA) is 72.6 Å². The van der Waals surface area contributed by atoms with E-state index in [1.807, 2.05) is 0 Å². The van der Waals surface area contributed by atoms with E-state index in [1.165, 1.54) is 6.92 Å². The van der Waals surface area contributed by atoms with Crippen molar-refractivity contribution in [2.24, 2.45) is 4.40 Å². The van der Waals surface area contributed by atoms with Crippen LogP contribution in [0.3, 0.4) is 0 Å². The summed E-state index contributed by atoms with van der Waals surface area (Å²) in [5, 5.41) is 10.8. The highest BCUT2D eigenvalue weighted by Crippen LogP contribution is 2.32. The second-order valence-electron chi connectivity index (χ2n) is 5.56. The lowest BCUT2D eigenvalue weighted by atomic mass is 10.1. The molecule has 0 heterocycles. The van der Waals surface area contributed by atoms with Gasteiger partial charge in [0.25, 0.3) is 5.69 Å². The molecule has 0 spiro atoms. The predicted octanol–water partition coefficient (Wildman–Crippen LogP) is 3.88. The van der Waals surface area contributed by atoms with Crippen molar-refractivity contribution in [1.29, 1.82) is 0 Å². The minimum Gasteiger partial charge on any atom is -0.258 e. The molecule has 1 rings (SSSR count). The normalized spacial score (nSPS) is 14.8. The summed E-state index contributed by atoms with van der Waals surface area (Å²) in [6.45, 7) is 6.35. The van der Waals surface area contributed by atoms with E-state index in [0.29, 0.717) is 6.07 Å². The zero-order chi connectivity index (χ0) is 17.3. The fourth-order valence-electron chi connectivity index (χ4n) is 1.40. The Labute approximate surface area is 128 Å². The van der Waals surface area contributed by atoms with Crippen molar-refractivity contribution in [2.45, 2.75) is 38.6 Å². The fourth-order valence-corrected chi connectivity index (χ4v) is 2.03. The minimum atomic E-state index is -4.72. The summed E-state index contributed by atoms with van der Waals surface area (Å²) in [6, 6.07) is 2.19. The van der Waals surface area contributed by atoms with Crippen LogP contribution in [0.5, 0.6) is 0 Å². The highest BCUT2D eigenvalue weighted by molar-refractivity contribution is 7.85. The van der Waals surface area contributed by atoms with Gasteiger partial charge in [-0.05, 0) is 33.8 Å². The molecule has 0 saturated heterocycles. The average molecular weight is 336 g/mol. The van der Waals surface area contributed by atoms with Crippen molar-refractivity contribution < 1.29 is 22.3 Å². The third-order valence-corrected chi connectivity index (χ3v) is 4.10. The SMILES string of the molecule is C/C(=N\[S@](=O)C(C)(C)C)c1cc([N+](=O)[O-])cc(C(F)(F)F)c1. The molecule has 0 radical (unpaired) electrons. The number of nitro groups is 1. The van der Waals surface area contributed by atoms with Gasteiger partial charge in [-0.2, -0.15) is 17.6 Å². The predicted molar refractivity (Wildman–Crippen MR) is 78.2 cm³/mol. The van der Waals surface area contributed by atoms with Gasteiger partial charge in [0.05, 0.1) is 20.9 Å². The van der Waals surface area contributed by atoms with Gasteiger partial charge < -0.3 is 0 Å². The maximum absolute atomic E-state index is 12.8. The summed E-state index contributed by atoms with van der Waals surface area (Å²) >= 11 is 0. The van der Waals surface area contributed by atoms with Crippen molar-refractivity contribution in [3.05, 3.63) is 39.4 Å². The van der Waals surface area contributed by atoms with E-state index < -0.39 is 38.1 Å². The monoisotopic (exact) mass is 336 g/mol. The van der Waals surface area contributed by atoms with Crippen LogP contribution in [0.15, 0.2) is 22.6 Å². The summed E-state index contributed by atoms with van der Waals surface area (Å²) < 4.78 is 53.5. The van der Waals surface area contributed by atoms with Gasteiger partial charge in [-0.25, -0.2) is 4.21 Å². The van der Waals surface area contributed by atoms with Crippen LogP contribution < -0.4 is 0 Å². The summed E-state index contributed by atoms with van der Waals surface area (Å²) in [4.78, 5) is 9.86. The second kappa shape index (κ2) is 6.15. The van der Waals surface area contributed by atoms with Crippen molar-refractivity contribution in [1.82, 2.24) is 0 Å². The van der Waals surface area contributed by atoms with E-state index in [4.69, 9.17) is 0 Å². The van der Waals surface area contributed by atoms with Gasteiger partial charge in [0.2, 0.25) is 0 Å². The molecule has 0 aliphatic rings. The van der Waals surface area contributed by atoms with E-state index in [-0.39, 0.29) is 11.3 Å². The van der Waals surface area contributed by atoms with Crippen LogP contribution in [-0.2, 0) is 17.2 Å². The van der Waals surface area contributed by atoms with Crippen LogP contribution >= 0.6 is 0 Å². The molecular weight excluding hydrogens is 321 g/mol. The first kappa shape index (κ1) is 18.3. The lowest BCUT2D eigenvalue weighted by molar-refractivity contribution is -0.385. The Bertz CT molecular complexity index is 649. The molecule has 1 atom stereocenters. The van der Waals surface area contributed by atoms with E-state index in [9.17, 15) is 27.5 Å². The van der Waals surface area contributed by atoms with Crippen LogP contribution in [-0.4, -0.2) is 19.6 Å². The summed E-state index contributed by atoms with van der Waals surface area (Å²) in [7, 11) is -1.68.